The number of unbranched alkanes of at least 4 members (excludes halogenated alkanes) is 2. The molecule has 0 heterocycles. The second-order valence-corrected chi connectivity index (χ2v) is 6.19. The van der Waals surface area contributed by atoms with Crippen molar-refractivity contribution in [1.29, 1.82) is 0 Å². The molecule has 0 aromatic carbocycles. The fraction of sp³-hybridized carbons (Fsp3) is 0.778. The van der Waals surface area contributed by atoms with Gasteiger partial charge in [-0.1, -0.05) is 58.1 Å². The van der Waals surface area contributed by atoms with Crippen molar-refractivity contribution in [3.8, 4) is 0 Å². The van der Waals surface area contributed by atoms with Crippen molar-refractivity contribution in [2.75, 3.05) is 6.61 Å². The lowest BCUT2D eigenvalue weighted by Gasteiger charge is -2.23. The number of esters is 1. The smallest absolute Gasteiger partial charge is 0.310 e. The minimum Gasteiger partial charge on any atom is -0.481 e. The average molecular weight is 310 g/mol. The van der Waals surface area contributed by atoms with Crippen molar-refractivity contribution < 1.29 is 19.4 Å². The maximum Gasteiger partial charge on any atom is 0.310 e. The van der Waals surface area contributed by atoms with Crippen LogP contribution >= 0.6 is 0 Å². The van der Waals surface area contributed by atoms with Crippen LogP contribution < -0.4 is 0 Å². The fourth-order valence-corrected chi connectivity index (χ4v) is 3.04. The van der Waals surface area contributed by atoms with E-state index in [0.29, 0.717) is 19.4 Å². The Morgan fingerprint density at radius 3 is 2.32 bits per heavy atom. The maximum absolute atomic E-state index is 12.0. The van der Waals surface area contributed by atoms with Crippen LogP contribution in [0.1, 0.15) is 65.2 Å². The van der Waals surface area contributed by atoms with Gasteiger partial charge in [-0.3, -0.25) is 9.59 Å². The van der Waals surface area contributed by atoms with Gasteiger partial charge in [0.2, 0.25) is 0 Å². The van der Waals surface area contributed by atoms with Crippen molar-refractivity contribution in [2.24, 2.45) is 17.8 Å². The van der Waals surface area contributed by atoms with Gasteiger partial charge in [0.25, 0.3) is 0 Å². The average Bonchev–Trinajstić information content (AvgIpc) is 2.54. The largest absolute Gasteiger partial charge is 0.481 e. The molecule has 0 radical (unpaired) electrons. The van der Waals surface area contributed by atoms with Crippen molar-refractivity contribution in [3.63, 3.8) is 0 Å². The van der Waals surface area contributed by atoms with Gasteiger partial charge >= 0.3 is 11.9 Å². The first-order valence-electron chi connectivity index (χ1n) is 8.64. The number of carbonyl (C=O) groups excluding carboxylic acids is 1. The molecule has 0 saturated heterocycles. The summed E-state index contributed by atoms with van der Waals surface area (Å²) in [6.07, 6.45) is 11.4. The predicted octanol–water partition coefficient (Wildman–Crippen LogP) is 4.19. The van der Waals surface area contributed by atoms with Crippen LogP contribution in [0.25, 0.3) is 0 Å². The van der Waals surface area contributed by atoms with E-state index in [4.69, 9.17) is 9.84 Å². The third kappa shape index (κ3) is 6.20. The zero-order valence-electron chi connectivity index (χ0n) is 13.9. The van der Waals surface area contributed by atoms with E-state index in [1.165, 1.54) is 25.7 Å². The zero-order valence-corrected chi connectivity index (χ0v) is 13.9. The van der Waals surface area contributed by atoms with Crippen LogP contribution in [-0.4, -0.2) is 23.7 Å². The molecule has 0 fully saturated rings. The SMILES string of the molecule is CCC(CC)CCCCCOC(=O)C1CC=CCC1C(=O)O. The Hall–Kier alpha value is -1.32. The number of hydrogen-bond acceptors (Lipinski definition) is 3. The van der Waals surface area contributed by atoms with E-state index in [1.807, 2.05) is 12.2 Å². The molecule has 2 unspecified atom stereocenters. The predicted molar refractivity (Wildman–Crippen MR) is 86.5 cm³/mol. The van der Waals surface area contributed by atoms with E-state index < -0.39 is 17.8 Å². The van der Waals surface area contributed by atoms with Gasteiger partial charge < -0.3 is 9.84 Å². The molecule has 0 aromatic heterocycles. The number of rotatable bonds is 10. The zero-order chi connectivity index (χ0) is 16.4. The normalized spacial score (nSPS) is 21.0. The van der Waals surface area contributed by atoms with E-state index in [2.05, 4.69) is 13.8 Å². The molecular weight excluding hydrogens is 280 g/mol. The topological polar surface area (TPSA) is 63.6 Å². The Morgan fingerprint density at radius 1 is 1.09 bits per heavy atom. The summed E-state index contributed by atoms with van der Waals surface area (Å²) in [4.78, 5) is 23.2. The number of carboxylic acids is 1. The van der Waals surface area contributed by atoms with Gasteiger partial charge in [0, 0.05) is 0 Å². The lowest BCUT2D eigenvalue weighted by Crippen LogP contribution is -2.32. The van der Waals surface area contributed by atoms with E-state index >= 15 is 0 Å². The molecular formula is C18H30O4. The quantitative estimate of drug-likeness (QED) is 0.373. The van der Waals surface area contributed by atoms with E-state index in [1.54, 1.807) is 0 Å². The van der Waals surface area contributed by atoms with E-state index in [-0.39, 0.29) is 5.97 Å². The van der Waals surface area contributed by atoms with Crippen LogP contribution in [0.5, 0.6) is 0 Å². The molecule has 0 bridgehead atoms. The van der Waals surface area contributed by atoms with Crippen LogP contribution in [0.4, 0.5) is 0 Å². The minimum absolute atomic E-state index is 0.350. The molecule has 0 aromatic rings. The van der Waals surface area contributed by atoms with Crippen LogP contribution in [0.3, 0.4) is 0 Å². The maximum atomic E-state index is 12.0. The number of hydrogen-bond donors (Lipinski definition) is 1. The number of aliphatic carboxylic acids is 1. The molecule has 22 heavy (non-hydrogen) atoms. The van der Waals surface area contributed by atoms with Gasteiger partial charge in [0.05, 0.1) is 18.4 Å². The summed E-state index contributed by atoms with van der Waals surface area (Å²) >= 11 is 0. The monoisotopic (exact) mass is 310 g/mol. The van der Waals surface area contributed by atoms with Gasteiger partial charge in [-0.15, -0.1) is 0 Å². The molecule has 4 nitrogen and oxygen atoms in total. The van der Waals surface area contributed by atoms with Crippen molar-refractivity contribution in [2.45, 2.75) is 65.2 Å². The number of carbonyl (C=O) groups is 2. The number of allylic oxidation sites excluding steroid dienone is 2. The molecule has 0 amide bonds. The fourth-order valence-electron chi connectivity index (χ4n) is 3.04. The molecule has 2 atom stereocenters. The molecule has 1 aliphatic carbocycles. The van der Waals surface area contributed by atoms with E-state index in [0.717, 1.165) is 18.8 Å². The van der Waals surface area contributed by atoms with Gasteiger partial charge in [0.1, 0.15) is 0 Å². The molecule has 0 spiro atoms. The molecule has 1 N–H and O–H groups in total. The van der Waals surface area contributed by atoms with Gasteiger partial charge in [-0.2, -0.15) is 0 Å². The Balaban J connectivity index is 2.20. The summed E-state index contributed by atoms with van der Waals surface area (Å²) in [6, 6.07) is 0. The first-order chi connectivity index (χ1) is 10.6. The van der Waals surface area contributed by atoms with Crippen LogP contribution in [0.15, 0.2) is 12.2 Å². The van der Waals surface area contributed by atoms with Crippen molar-refractivity contribution in [3.05, 3.63) is 12.2 Å². The molecule has 4 heteroatoms. The Labute approximate surface area is 133 Å². The summed E-state index contributed by atoms with van der Waals surface area (Å²) in [5.74, 6) is -1.60. The van der Waals surface area contributed by atoms with Gasteiger partial charge in [-0.25, -0.2) is 0 Å². The summed E-state index contributed by atoms with van der Waals surface area (Å²) < 4.78 is 5.29. The lowest BCUT2D eigenvalue weighted by molar-refractivity contribution is -0.158. The highest BCUT2D eigenvalue weighted by Gasteiger charge is 2.34. The summed E-state index contributed by atoms with van der Waals surface area (Å²) in [5, 5.41) is 9.16. The van der Waals surface area contributed by atoms with Gasteiger partial charge in [0.15, 0.2) is 0 Å². The molecule has 126 valence electrons. The second-order valence-electron chi connectivity index (χ2n) is 6.19. The third-order valence-electron chi connectivity index (χ3n) is 4.71. The highest BCUT2D eigenvalue weighted by molar-refractivity contribution is 5.81. The molecule has 0 saturated carbocycles. The molecule has 1 aliphatic rings. The third-order valence-corrected chi connectivity index (χ3v) is 4.71. The Bertz CT molecular complexity index is 371. The summed E-state index contributed by atoms with van der Waals surface area (Å²) in [6.45, 7) is 4.87. The van der Waals surface area contributed by atoms with Crippen LogP contribution in [0.2, 0.25) is 0 Å². The van der Waals surface area contributed by atoms with E-state index in [9.17, 15) is 9.59 Å². The molecule has 0 aliphatic heterocycles. The van der Waals surface area contributed by atoms with Crippen LogP contribution in [0, 0.1) is 17.8 Å². The summed E-state index contributed by atoms with van der Waals surface area (Å²) in [7, 11) is 0. The first kappa shape index (κ1) is 18.7. The molecule has 1 rings (SSSR count). The number of carboxylic acid groups (broad SMARTS) is 1. The number of ether oxygens (including phenoxy) is 1. The van der Waals surface area contributed by atoms with Gasteiger partial charge in [-0.05, 0) is 25.2 Å². The Morgan fingerprint density at radius 2 is 1.73 bits per heavy atom. The highest BCUT2D eigenvalue weighted by atomic mass is 16.5. The summed E-state index contributed by atoms with van der Waals surface area (Å²) in [5.41, 5.74) is 0. The van der Waals surface area contributed by atoms with Crippen molar-refractivity contribution >= 4 is 11.9 Å². The van der Waals surface area contributed by atoms with Crippen molar-refractivity contribution in [1.82, 2.24) is 0 Å². The highest BCUT2D eigenvalue weighted by Crippen LogP contribution is 2.27. The second kappa shape index (κ2) is 10.4. The standard InChI is InChI=1S/C18H30O4/c1-3-14(4-2)10-6-5-9-13-22-18(21)16-12-8-7-11-15(16)17(19)20/h7-8,14-16H,3-6,9-13H2,1-2H3,(H,19,20). The van der Waals surface area contributed by atoms with Crippen LogP contribution in [-0.2, 0) is 14.3 Å². The minimum atomic E-state index is -0.906. The lowest BCUT2D eigenvalue weighted by atomic mass is 9.83. The first-order valence-corrected chi connectivity index (χ1v) is 8.64. The Kier molecular flexibility index (Phi) is 8.86.